The number of pyridine rings is 3. The highest BCUT2D eigenvalue weighted by molar-refractivity contribution is 7.90. The molecule has 0 N–H and O–H groups in total. The van der Waals surface area contributed by atoms with Gasteiger partial charge in [-0.3, -0.25) is 9.78 Å². The average Bonchev–Trinajstić information content (AvgIpc) is 2.77. The first-order valence-electron chi connectivity index (χ1n) is 9.25. The van der Waals surface area contributed by atoms with Crippen LogP contribution in [-0.2, 0) is 16.4 Å². The van der Waals surface area contributed by atoms with Gasteiger partial charge in [-0.05, 0) is 48.0 Å². The predicted octanol–water partition coefficient (Wildman–Crippen LogP) is 3.93. The number of benzene rings is 1. The van der Waals surface area contributed by atoms with Gasteiger partial charge in [0.25, 0.3) is 5.91 Å². The van der Waals surface area contributed by atoms with Crippen LogP contribution in [-0.4, -0.2) is 35.5 Å². The van der Waals surface area contributed by atoms with E-state index in [1.165, 1.54) is 17.3 Å². The molecule has 0 radical (unpaired) electrons. The highest BCUT2D eigenvalue weighted by Crippen LogP contribution is 2.27. The maximum absolute atomic E-state index is 13.4. The zero-order valence-corrected chi connectivity index (χ0v) is 18.0. The Bertz CT molecular complexity index is 1380. The minimum Gasteiger partial charge on any atom is -0.301 e. The van der Waals surface area contributed by atoms with E-state index in [1.807, 2.05) is 24.3 Å². The lowest BCUT2D eigenvalue weighted by atomic mass is 10.1. The number of aromatic nitrogens is 3. The molecule has 0 fully saturated rings. The third-order valence-corrected chi connectivity index (χ3v) is 5.84. The first-order chi connectivity index (χ1) is 14.8. The minimum absolute atomic E-state index is 0.103. The second-order valence-corrected chi connectivity index (χ2v) is 9.21. The molecule has 3 aromatic heterocycles. The van der Waals surface area contributed by atoms with Gasteiger partial charge in [-0.1, -0.05) is 23.7 Å². The molecular formula is C22H17ClN4O3S. The molecule has 3 heterocycles. The van der Waals surface area contributed by atoms with Crippen molar-refractivity contribution in [3.05, 3.63) is 89.5 Å². The zero-order valence-electron chi connectivity index (χ0n) is 16.4. The Kier molecular flexibility index (Phi) is 5.67. The summed E-state index contributed by atoms with van der Waals surface area (Å²) in [6.07, 6.45) is 5.45. The fourth-order valence-corrected chi connectivity index (χ4v) is 4.17. The van der Waals surface area contributed by atoms with Crippen LogP contribution in [0.4, 0.5) is 5.69 Å². The Hall–Kier alpha value is -3.36. The van der Waals surface area contributed by atoms with Crippen LogP contribution in [0, 0.1) is 0 Å². The molecule has 0 spiro atoms. The van der Waals surface area contributed by atoms with E-state index in [-0.39, 0.29) is 17.3 Å². The molecule has 0 unspecified atom stereocenters. The number of nitrogens with zero attached hydrogens (tertiary/aromatic N) is 4. The molecule has 156 valence electrons. The number of hydrogen-bond donors (Lipinski definition) is 0. The molecule has 0 aliphatic rings. The van der Waals surface area contributed by atoms with Gasteiger partial charge in [0.05, 0.1) is 23.3 Å². The molecule has 4 rings (SSSR count). The number of rotatable bonds is 5. The summed E-state index contributed by atoms with van der Waals surface area (Å²) in [5.41, 5.74) is 1.95. The van der Waals surface area contributed by atoms with Crippen molar-refractivity contribution < 1.29 is 13.2 Å². The molecule has 1 aromatic carbocycles. The number of carbonyl (C=O) groups is 1. The number of sulfone groups is 1. The van der Waals surface area contributed by atoms with Crippen molar-refractivity contribution in [2.45, 2.75) is 11.6 Å². The number of fused-ring (bicyclic) bond motifs is 1. The maximum atomic E-state index is 13.4. The molecule has 1 amide bonds. The van der Waals surface area contributed by atoms with Crippen LogP contribution in [0.1, 0.15) is 15.9 Å². The molecule has 4 aromatic rings. The van der Waals surface area contributed by atoms with Gasteiger partial charge in [0.1, 0.15) is 5.15 Å². The lowest BCUT2D eigenvalue weighted by Gasteiger charge is -2.24. The molecule has 0 aliphatic heterocycles. The average molecular weight is 453 g/mol. The summed E-state index contributed by atoms with van der Waals surface area (Å²) in [5.74, 6) is -0.398. The van der Waals surface area contributed by atoms with Gasteiger partial charge in [0.2, 0.25) is 0 Å². The maximum Gasteiger partial charge on any atom is 0.260 e. The number of amides is 1. The third-order valence-electron chi connectivity index (χ3n) is 4.61. The smallest absolute Gasteiger partial charge is 0.260 e. The zero-order chi connectivity index (χ0) is 22.0. The van der Waals surface area contributed by atoms with Gasteiger partial charge in [0.15, 0.2) is 14.9 Å². The summed E-state index contributed by atoms with van der Waals surface area (Å²) in [6, 6.07) is 15.5. The second-order valence-electron chi connectivity index (χ2n) is 6.89. The van der Waals surface area contributed by atoms with Crippen LogP contribution < -0.4 is 4.90 Å². The molecule has 0 atom stereocenters. The molecule has 0 aliphatic carbocycles. The SMILES string of the molecule is CS(=O)(=O)c1ncccc1N(Cc1ccc2ccc(Cl)nc2c1)C(=O)c1cccnc1. The highest BCUT2D eigenvalue weighted by Gasteiger charge is 2.25. The van der Waals surface area contributed by atoms with E-state index < -0.39 is 15.7 Å². The van der Waals surface area contributed by atoms with Gasteiger partial charge >= 0.3 is 0 Å². The van der Waals surface area contributed by atoms with Crippen molar-refractivity contribution >= 4 is 43.9 Å². The van der Waals surface area contributed by atoms with Crippen LogP contribution in [0.3, 0.4) is 0 Å². The Morgan fingerprint density at radius 3 is 2.58 bits per heavy atom. The van der Waals surface area contributed by atoms with E-state index in [9.17, 15) is 13.2 Å². The van der Waals surface area contributed by atoms with Crippen molar-refractivity contribution in [1.82, 2.24) is 15.0 Å². The van der Waals surface area contributed by atoms with E-state index in [4.69, 9.17) is 11.6 Å². The van der Waals surface area contributed by atoms with Crippen LogP contribution in [0.2, 0.25) is 5.15 Å². The van der Waals surface area contributed by atoms with Crippen molar-refractivity contribution in [2.24, 2.45) is 0 Å². The molecule has 7 nitrogen and oxygen atoms in total. The van der Waals surface area contributed by atoms with E-state index in [2.05, 4.69) is 15.0 Å². The van der Waals surface area contributed by atoms with Gasteiger partial charge in [-0.25, -0.2) is 18.4 Å². The summed E-state index contributed by atoms with van der Waals surface area (Å²) in [6.45, 7) is 0.103. The summed E-state index contributed by atoms with van der Waals surface area (Å²) in [7, 11) is -3.68. The van der Waals surface area contributed by atoms with E-state index >= 15 is 0 Å². The molecular weight excluding hydrogens is 436 g/mol. The molecule has 31 heavy (non-hydrogen) atoms. The predicted molar refractivity (Wildman–Crippen MR) is 119 cm³/mol. The Morgan fingerprint density at radius 2 is 1.84 bits per heavy atom. The van der Waals surface area contributed by atoms with Gasteiger partial charge in [-0.2, -0.15) is 0 Å². The third kappa shape index (κ3) is 4.55. The number of halogens is 1. The van der Waals surface area contributed by atoms with E-state index in [0.717, 1.165) is 17.2 Å². The summed E-state index contributed by atoms with van der Waals surface area (Å²) in [4.78, 5) is 27.1. The van der Waals surface area contributed by atoms with Crippen molar-refractivity contribution in [3.63, 3.8) is 0 Å². The Balaban J connectivity index is 1.83. The van der Waals surface area contributed by atoms with Crippen LogP contribution >= 0.6 is 11.6 Å². The largest absolute Gasteiger partial charge is 0.301 e. The molecule has 9 heteroatoms. The topological polar surface area (TPSA) is 93.1 Å². The Morgan fingerprint density at radius 1 is 1.06 bits per heavy atom. The second kappa shape index (κ2) is 8.41. The van der Waals surface area contributed by atoms with Crippen molar-refractivity contribution in [1.29, 1.82) is 0 Å². The first-order valence-corrected chi connectivity index (χ1v) is 11.5. The van der Waals surface area contributed by atoms with Gasteiger partial charge in [0, 0.05) is 30.2 Å². The fourth-order valence-electron chi connectivity index (χ4n) is 3.20. The molecule has 0 saturated heterocycles. The lowest BCUT2D eigenvalue weighted by molar-refractivity contribution is 0.0984. The Labute approximate surface area is 184 Å². The van der Waals surface area contributed by atoms with Gasteiger partial charge < -0.3 is 4.90 Å². The van der Waals surface area contributed by atoms with E-state index in [1.54, 1.807) is 36.5 Å². The number of carbonyl (C=O) groups excluding carboxylic acids is 1. The van der Waals surface area contributed by atoms with Crippen LogP contribution in [0.15, 0.2) is 78.2 Å². The van der Waals surface area contributed by atoms with Crippen molar-refractivity contribution in [2.75, 3.05) is 11.2 Å². The van der Waals surface area contributed by atoms with E-state index in [0.29, 0.717) is 16.2 Å². The van der Waals surface area contributed by atoms with Crippen LogP contribution in [0.25, 0.3) is 10.9 Å². The monoisotopic (exact) mass is 452 g/mol. The molecule has 0 saturated carbocycles. The number of anilines is 1. The normalized spacial score (nSPS) is 11.4. The quantitative estimate of drug-likeness (QED) is 0.426. The standard InChI is InChI=1S/C22H17ClN4O3S/c1-31(29,30)21-19(5-3-11-25-21)27(22(28)17-4-2-10-24-13-17)14-15-6-7-16-8-9-20(23)26-18(16)12-15/h2-13H,14H2,1H3. The fraction of sp³-hybridized carbons (Fsp3) is 0.0909. The summed E-state index contributed by atoms with van der Waals surface area (Å²) < 4.78 is 24.7. The van der Waals surface area contributed by atoms with Crippen LogP contribution in [0.5, 0.6) is 0 Å². The molecule has 0 bridgehead atoms. The first kappa shape index (κ1) is 20.9. The highest BCUT2D eigenvalue weighted by atomic mass is 35.5. The van der Waals surface area contributed by atoms with Crippen molar-refractivity contribution in [3.8, 4) is 0 Å². The summed E-state index contributed by atoms with van der Waals surface area (Å²) in [5, 5.41) is 1.09. The number of hydrogen-bond acceptors (Lipinski definition) is 6. The minimum atomic E-state index is -3.68. The lowest BCUT2D eigenvalue weighted by Crippen LogP contribution is -2.32. The van der Waals surface area contributed by atoms with Gasteiger partial charge in [-0.15, -0.1) is 0 Å². The summed E-state index contributed by atoms with van der Waals surface area (Å²) >= 11 is 6.02.